The molecule has 0 aromatic heterocycles. The van der Waals surface area contributed by atoms with Gasteiger partial charge in [0.15, 0.2) is 0 Å². The minimum Gasteiger partial charge on any atom is -0.308 e. The Labute approximate surface area is 74.8 Å². The number of hydrogen-bond donors (Lipinski definition) is 2. The first kappa shape index (κ1) is 9.92. The molecule has 1 aromatic rings. The Hall–Kier alpha value is -1.16. The van der Waals surface area contributed by atoms with Crippen LogP contribution < -0.4 is 4.67 Å². The van der Waals surface area contributed by atoms with Crippen LogP contribution in [0, 0.1) is 0 Å². The third-order valence-electron chi connectivity index (χ3n) is 1.40. The second-order valence-electron chi connectivity index (χ2n) is 2.30. The fourth-order valence-corrected chi connectivity index (χ4v) is 1.41. The highest BCUT2D eigenvalue weighted by atomic mass is 31.2. The van der Waals surface area contributed by atoms with Crippen molar-refractivity contribution in [1.29, 1.82) is 0 Å². The van der Waals surface area contributed by atoms with Crippen LogP contribution in [0.3, 0.4) is 0 Å². The maximum absolute atomic E-state index is 10.8. The van der Waals surface area contributed by atoms with Gasteiger partial charge in [0.25, 0.3) is 0 Å². The molecule has 0 aliphatic carbocycles. The largest absolute Gasteiger partial charge is 0.436 e. The van der Waals surface area contributed by atoms with Gasteiger partial charge in [-0.25, -0.2) is 9.24 Å². The average Bonchev–Trinajstić information content (AvgIpc) is 2.05. The maximum Gasteiger partial charge on any atom is 0.436 e. The number of benzene rings is 1. The molecule has 6 heteroatoms. The summed E-state index contributed by atoms with van der Waals surface area (Å²) in [6, 6.07) is 7.73. The van der Waals surface area contributed by atoms with E-state index < -0.39 is 7.75 Å². The van der Waals surface area contributed by atoms with Crippen molar-refractivity contribution in [3.63, 3.8) is 0 Å². The van der Waals surface area contributed by atoms with Gasteiger partial charge in [0, 0.05) is 0 Å². The molecule has 1 amide bonds. The number of nitrogens with zero attached hydrogens (tertiary/aromatic N) is 1. The number of amides is 1. The van der Waals surface area contributed by atoms with Gasteiger partial charge in [-0.2, -0.15) is 0 Å². The van der Waals surface area contributed by atoms with Crippen LogP contribution in [0.5, 0.6) is 0 Å². The molecule has 0 bridgehead atoms. The Morgan fingerprint density at radius 3 is 2.15 bits per heavy atom. The summed E-state index contributed by atoms with van der Waals surface area (Å²) in [6.07, 6.45) is 0.107. The van der Waals surface area contributed by atoms with Crippen molar-refractivity contribution >= 4 is 19.8 Å². The van der Waals surface area contributed by atoms with Gasteiger partial charge in [0.2, 0.25) is 6.41 Å². The quantitative estimate of drug-likeness (QED) is 0.558. The molecule has 0 radical (unpaired) electrons. The molecule has 0 atom stereocenters. The summed E-state index contributed by atoms with van der Waals surface area (Å²) in [7, 11) is -4.53. The van der Waals surface area contributed by atoms with E-state index in [9.17, 15) is 9.36 Å². The summed E-state index contributed by atoms with van der Waals surface area (Å²) in [6.45, 7) is 0. The first-order chi connectivity index (χ1) is 6.05. The van der Waals surface area contributed by atoms with Gasteiger partial charge in [-0.1, -0.05) is 18.2 Å². The molecule has 0 saturated carbocycles. The number of carbonyl (C=O) groups excluding carboxylic acids is 1. The zero-order valence-corrected chi connectivity index (χ0v) is 7.46. The Kier molecular flexibility index (Phi) is 2.83. The fraction of sp³-hybridized carbons (Fsp3) is 0. The lowest BCUT2D eigenvalue weighted by Gasteiger charge is -2.17. The van der Waals surface area contributed by atoms with Crippen LogP contribution in [-0.4, -0.2) is 16.2 Å². The minimum absolute atomic E-state index is 0.107. The highest BCUT2D eigenvalue weighted by Crippen LogP contribution is 2.41. The molecule has 0 aliphatic rings. The van der Waals surface area contributed by atoms with Crippen molar-refractivity contribution in [2.45, 2.75) is 0 Å². The Bertz CT molecular complexity index is 334. The van der Waals surface area contributed by atoms with E-state index in [2.05, 4.69) is 0 Å². The van der Waals surface area contributed by atoms with Crippen molar-refractivity contribution < 1.29 is 19.1 Å². The van der Waals surface area contributed by atoms with Gasteiger partial charge in [-0.3, -0.25) is 4.79 Å². The molecule has 70 valence electrons. The topological polar surface area (TPSA) is 77.8 Å². The van der Waals surface area contributed by atoms with Crippen LogP contribution in [-0.2, 0) is 9.36 Å². The highest BCUT2D eigenvalue weighted by Gasteiger charge is 2.24. The number of para-hydroxylation sites is 1. The minimum atomic E-state index is -4.53. The highest BCUT2D eigenvalue weighted by molar-refractivity contribution is 7.54. The van der Waals surface area contributed by atoms with Crippen molar-refractivity contribution in [2.24, 2.45) is 0 Å². The van der Waals surface area contributed by atoms with E-state index in [0.717, 1.165) is 0 Å². The van der Waals surface area contributed by atoms with E-state index in [-0.39, 0.29) is 12.1 Å². The Morgan fingerprint density at radius 2 is 1.77 bits per heavy atom. The predicted octanol–water partition coefficient (Wildman–Crippen LogP) is 0.742. The van der Waals surface area contributed by atoms with E-state index in [1.165, 1.54) is 12.1 Å². The van der Waals surface area contributed by atoms with Crippen molar-refractivity contribution in [2.75, 3.05) is 4.67 Å². The van der Waals surface area contributed by atoms with Crippen LogP contribution in [0.15, 0.2) is 30.3 Å². The lowest BCUT2D eigenvalue weighted by molar-refractivity contribution is -0.106. The number of anilines is 1. The average molecular weight is 201 g/mol. The molecule has 2 N–H and O–H groups in total. The second-order valence-corrected chi connectivity index (χ2v) is 3.76. The summed E-state index contributed by atoms with van der Waals surface area (Å²) in [5, 5.41) is 0. The molecule has 0 fully saturated rings. The summed E-state index contributed by atoms with van der Waals surface area (Å²) in [4.78, 5) is 27.9. The first-order valence-corrected chi connectivity index (χ1v) is 4.98. The van der Waals surface area contributed by atoms with E-state index in [1.54, 1.807) is 18.2 Å². The van der Waals surface area contributed by atoms with Gasteiger partial charge in [0.05, 0.1) is 5.69 Å². The van der Waals surface area contributed by atoms with E-state index in [1.807, 2.05) is 0 Å². The molecule has 1 rings (SSSR count). The summed E-state index contributed by atoms with van der Waals surface area (Å²) < 4.78 is 11.1. The van der Waals surface area contributed by atoms with Crippen LogP contribution in [0.4, 0.5) is 5.69 Å². The lowest BCUT2D eigenvalue weighted by atomic mass is 10.3. The summed E-state index contributed by atoms with van der Waals surface area (Å²) in [5.41, 5.74) is 0.172. The number of carbonyl (C=O) groups is 1. The molecule has 0 aliphatic heterocycles. The zero-order valence-electron chi connectivity index (χ0n) is 6.57. The van der Waals surface area contributed by atoms with Crippen molar-refractivity contribution in [3.8, 4) is 0 Å². The molecule has 0 saturated heterocycles. The first-order valence-electron chi connectivity index (χ1n) is 3.41. The van der Waals surface area contributed by atoms with Gasteiger partial charge in [0.1, 0.15) is 0 Å². The molecule has 5 nitrogen and oxygen atoms in total. The van der Waals surface area contributed by atoms with E-state index >= 15 is 0 Å². The monoisotopic (exact) mass is 201 g/mol. The van der Waals surface area contributed by atoms with E-state index in [0.29, 0.717) is 4.67 Å². The van der Waals surface area contributed by atoms with Crippen LogP contribution in [0.1, 0.15) is 0 Å². The van der Waals surface area contributed by atoms with Crippen LogP contribution in [0.2, 0.25) is 0 Å². The van der Waals surface area contributed by atoms with Gasteiger partial charge < -0.3 is 9.79 Å². The predicted molar refractivity (Wildman–Crippen MR) is 47.0 cm³/mol. The normalized spacial score (nSPS) is 10.9. The molecule has 13 heavy (non-hydrogen) atoms. The molecule has 0 heterocycles. The molecule has 1 aromatic carbocycles. The van der Waals surface area contributed by atoms with Crippen LogP contribution >= 0.6 is 7.75 Å². The second kappa shape index (κ2) is 3.70. The Balaban J connectivity index is 3.06. The number of hydrogen-bond acceptors (Lipinski definition) is 2. The molecule has 0 unspecified atom stereocenters. The third-order valence-corrected chi connectivity index (χ3v) is 2.29. The standard InChI is InChI=1S/C7H8NO4P/c9-6-8(13(10,11)12)7-4-2-1-3-5-7/h1-6H,(H2,10,11,12). The molecular formula is C7H8NO4P. The SMILES string of the molecule is O=CN(c1ccccc1)P(=O)(O)O. The van der Waals surface area contributed by atoms with E-state index in [4.69, 9.17) is 9.79 Å². The van der Waals surface area contributed by atoms with Gasteiger partial charge >= 0.3 is 7.75 Å². The fourth-order valence-electron chi connectivity index (χ4n) is 0.853. The molecule has 0 spiro atoms. The molecular weight excluding hydrogens is 193 g/mol. The van der Waals surface area contributed by atoms with Crippen molar-refractivity contribution in [1.82, 2.24) is 0 Å². The van der Waals surface area contributed by atoms with Crippen molar-refractivity contribution in [3.05, 3.63) is 30.3 Å². The van der Waals surface area contributed by atoms with Gasteiger partial charge in [-0.15, -0.1) is 0 Å². The summed E-state index contributed by atoms with van der Waals surface area (Å²) in [5.74, 6) is 0. The Morgan fingerprint density at radius 1 is 1.23 bits per heavy atom. The lowest BCUT2D eigenvalue weighted by Crippen LogP contribution is -2.16. The van der Waals surface area contributed by atoms with Crippen LogP contribution in [0.25, 0.3) is 0 Å². The smallest absolute Gasteiger partial charge is 0.308 e. The van der Waals surface area contributed by atoms with Gasteiger partial charge in [-0.05, 0) is 12.1 Å². The number of rotatable bonds is 3. The third kappa shape index (κ3) is 2.39. The zero-order chi connectivity index (χ0) is 9.90. The maximum atomic E-state index is 10.8. The summed E-state index contributed by atoms with van der Waals surface area (Å²) >= 11 is 0.